The highest BCUT2D eigenvalue weighted by Crippen LogP contribution is 2.41. The van der Waals surface area contributed by atoms with Crippen LogP contribution in [0, 0.1) is 12.3 Å². The number of nitrogens with one attached hydrogen (secondary N) is 1. The zero-order chi connectivity index (χ0) is 18.3. The van der Waals surface area contributed by atoms with Gasteiger partial charge in [-0.2, -0.15) is 4.98 Å². The Bertz CT molecular complexity index is 1100. The van der Waals surface area contributed by atoms with Gasteiger partial charge < -0.3 is 10.1 Å². The Morgan fingerprint density at radius 3 is 2.81 bits per heavy atom. The van der Waals surface area contributed by atoms with Crippen LogP contribution in [0.4, 0.5) is 5.82 Å². The number of terminal acetylenes is 1. The van der Waals surface area contributed by atoms with Crippen molar-refractivity contribution in [3.05, 3.63) is 46.2 Å². The van der Waals surface area contributed by atoms with Crippen LogP contribution in [0.2, 0.25) is 5.02 Å². The number of hydrogen-bond donors (Lipinski definition) is 1. The smallest absolute Gasteiger partial charge is 0.355 e. The van der Waals surface area contributed by atoms with E-state index in [-0.39, 0.29) is 0 Å². The van der Waals surface area contributed by atoms with Crippen molar-refractivity contribution >= 4 is 28.3 Å². The maximum absolute atomic E-state index is 12.8. The second kappa shape index (κ2) is 6.00. The maximum Gasteiger partial charge on any atom is 0.355 e. The van der Waals surface area contributed by atoms with E-state index in [4.69, 9.17) is 22.8 Å². The van der Waals surface area contributed by atoms with Gasteiger partial charge >= 0.3 is 5.69 Å². The molecule has 1 aliphatic carbocycles. The summed E-state index contributed by atoms with van der Waals surface area (Å²) in [5.74, 6) is 3.92. The lowest BCUT2D eigenvalue weighted by Gasteiger charge is -2.18. The summed E-state index contributed by atoms with van der Waals surface area (Å²) in [4.78, 5) is 25.2. The Morgan fingerprint density at radius 2 is 2.19 bits per heavy atom. The molecule has 0 radical (unpaired) electrons. The average Bonchev–Trinajstić information content (AvgIpc) is 3.41. The van der Waals surface area contributed by atoms with Crippen LogP contribution in [-0.4, -0.2) is 32.2 Å². The molecule has 7 nitrogen and oxygen atoms in total. The third kappa shape index (κ3) is 2.65. The van der Waals surface area contributed by atoms with Gasteiger partial charge in [-0.05, 0) is 25.0 Å². The summed E-state index contributed by atoms with van der Waals surface area (Å²) in [5.41, 5.74) is -0.488. The minimum Gasteiger partial charge on any atom is -0.496 e. The zero-order valence-corrected chi connectivity index (χ0v) is 14.6. The molecule has 0 atom stereocenters. The first-order chi connectivity index (χ1) is 12.6. The van der Waals surface area contributed by atoms with Gasteiger partial charge in [-0.15, -0.1) is 6.42 Å². The van der Waals surface area contributed by atoms with E-state index in [1.165, 1.54) is 30.3 Å². The number of nitrogens with zero attached hydrogens (tertiary/aromatic N) is 4. The number of halogens is 1. The lowest BCUT2D eigenvalue weighted by atomic mass is 10.2. The van der Waals surface area contributed by atoms with Crippen molar-refractivity contribution in [2.75, 3.05) is 12.4 Å². The van der Waals surface area contributed by atoms with Crippen LogP contribution in [0.1, 0.15) is 12.8 Å². The van der Waals surface area contributed by atoms with Gasteiger partial charge in [0.25, 0.3) is 0 Å². The molecule has 8 heteroatoms. The van der Waals surface area contributed by atoms with Crippen molar-refractivity contribution in [3.63, 3.8) is 0 Å². The minimum atomic E-state index is -0.516. The summed E-state index contributed by atoms with van der Waals surface area (Å²) in [6.45, 7) is 0. The molecule has 1 fully saturated rings. The van der Waals surface area contributed by atoms with Crippen LogP contribution < -0.4 is 15.7 Å². The number of benzene rings is 1. The second-order valence-electron chi connectivity index (χ2n) is 6.00. The summed E-state index contributed by atoms with van der Waals surface area (Å²) >= 11 is 6.23. The van der Waals surface area contributed by atoms with E-state index in [0.29, 0.717) is 33.3 Å². The molecule has 0 spiro atoms. The Labute approximate surface area is 154 Å². The van der Waals surface area contributed by atoms with Crippen molar-refractivity contribution < 1.29 is 4.74 Å². The fourth-order valence-corrected chi connectivity index (χ4v) is 3.03. The fraction of sp³-hybridized carbons (Fsp3) is 0.222. The molecule has 0 aliphatic heterocycles. The molecule has 1 N–H and O–H groups in total. The number of aromatic nitrogens is 4. The molecule has 1 saturated carbocycles. The molecule has 2 aromatic heterocycles. The van der Waals surface area contributed by atoms with Crippen molar-refractivity contribution in [1.82, 2.24) is 19.5 Å². The normalized spacial score (nSPS) is 14.7. The Kier molecular flexibility index (Phi) is 3.78. The number of rotatable bonds is 4. The topological polar surface area (TPSA) is 81.9 Å². The first-order valence-corrected chi connectivity index (χ1v) is 8.27. The Morgan fingerprint density at radius 1 is 1.38 bits per heavy atom. The van der Waals surface area contributed by atoms with Crippen LogP contribution in [-0.2, 0) is 0 Å². The van der Waals surface area contributed by atoms with E-state index < -0.39 is 11.2 Å². The number of fused-ring (bicyclic) bond motifs is 1. The highest BCUT2D eigenvalue weighted by Gasteiger charge is 2.42. The van der Waals surface area contributed by atoms with Crippen LogP contribution in [0.3, 0.4) is 0 Å². The molecule has 26 heavy (non-hydrogen) atoms. The fourth-order valence-electron chi connectivity index (χ4n) is 2.82. The van der Waals surface area contributed by atoms with E-state index in [1.54, 1.807) is 12.1 Å². The van der Waals surface area contributed by atoms with E-state index in [9.17, 15) is 4.79 Å². The summed E-state index contributed by atoms with van der Waals surface area (Å²) in [6.07, 6.45) is 11.8. The van der Waals surface area contributed by atoms with E-state index >= 15 is 0 Å². The van der Waals surface area contributed by atoms with Crippen LogP contribution >= 0.6 is 11.6 Å². The summed E-state index contributed by atoms with van der Waals surface area (Å²) < 4.78 is 6.83. The number of methoxy groups -OCH3 is 1. The van der Waals surface area contributed by atoms with Gasteiger partial charge in [0.05, 0.1) is 29.7 Å². The van der Waals surface area contributed by atoms with Gasteiger partial charge in [0.1, 0.15) is 11.6 Å². The molecule has 3 aromatic rings. The van der Waals surface area contributed by atoms with Crippen LogP contribution in [0.25, 0.3) is 16.7 Å². The minimum absolute atomic E-state index is 0.337. The van der Waals surface area contributed by atoms with Crippen molar-refractivity contribution in [1.29, 1.82) is 0 Å². The maximum atomic E-state index is 12.8. The SMILES string of the molecule is C#CC1(Nc2nc(=O)n(-c3cnccn3)c3cc(Cl)cc(OC)c23)CC1. The lowest BCUT2D eigenvalue weighted by Crippen LogP contribution is -2.27. The lowest BCUT2D eigenvalue weighted by molar-refractivity contribution is 0.419. The highest BCUT2D eigenvalue weighted by molar-refractivity contribution is 6.31. The summed E-state index contributed by atoms with van der Waals surface area (Å²) in [7, 11) is 1.53. The van der Waals surface area contributed by atoms with Crippen molar-refractivity contribution in [2.24, 2.45) is 0 Å². The number of anilines is 1. The molecular formula is C18H14ClN5O2. The highest BCUT2D eigenvalue weighted by atomic mass is 35.5. The van der Waals surface area contributed by atoms with Gasteiger partial charge in [-0.25, -0.2) is 14.3 Å². The molecule has 2 heterocycles. The van der Waals surface area contributed by atoms with Crippen molar-refractivity contribution in [3.8, 4) is 23.9 Å². The molecule has 0 saturated heterocycles. The number of hydrogen-bond acceptors (Lipinski definition) is 6. The van der Waals surface area contributed by atoms with E-state index in [2.05, 4.69) is 26.2 Å². The zero-order valence-electron chi connectivity index (χ0n) is 13.9. The van der Waals surface area contributed by atoms with Gasteiger partial charge in [0.15, 0.2) is 5.82 Å². The average molecular weight is 368 g/mol. The molecule has 130 valence electrons. The second-order valence-corrected chi connectivity index (χ2v) is 6.43. The largest absolute Gasteiger partial charge is 0.496 e. The first kappa shape index (κ1) is 16.4. The van der Waals surface area contributed by atoms with Gasteiger partial charge in [-0.3, -0.25) is 4.98 Å². The molecule has 1 aromatic carbocycles. The van der Waals surface area contributed by atoms with E-state index in [1.807, 2.05) is 0 Å². The van der Waals surface area contributed by atoms with Crippen molar-refractivity contribution in [2.45, 2.75) is 18.4 Å². The third-order valence-corrected chi connectivity index (χ3v) is 4.52. The molecule has 1 aliphatic rings. The van der Waals surface area contributed by atoms with Gasteiger partial charge in [0.2, 0.25) is 0 Å². The predicted octanol–water partition coefficient (Wildman–Crippen LogP) is 2.42. The van der Waals surface area contributed by atoms with Crippen LogP contribution in [0.5, 0.6) is 5.75 Å². The van der Waals surface area contributed by atoms with Gasteiger partial charge in [0, 0.05) is 17.4 Å². The number of ether oxygens (including phenoxy) is 1. The predicted molar refractivity (Wildman–Crippen MR) is 98.9 cm³/mol. The molecule has 4 rings (SSSR count). The Hall–Kier alpha value is -3.11. The monoisotopic (exact) mass is 367 g/mol. The Balaban J connectivity index is 2.06. The standard InChI is InChI=1S/C18H14ClN5O2/c1-3-18(4-5-18)23-16-15-12(8-11(19)9-13(15)26-2)24(17(25)22-16)14-10-20-6-7-21-14/h1,6-10H,4-5H2,2H3,(H,22,23,25). The summed E-state index contributed by atoms with van der Waals surface area (Å²) in [5, 5.41) is 4.23. The quantitative estimate of drug-likeness (QED) is 0.713. The van der Waals surface area contributed by atoms with E-state index in [0.717, 1.165) is 12.8 Å². The third-order valence-electron chi connectivity index (χ3n) is 4.31. The van der Waals surface area contributed by atoms with Gasteiger partial charge in [-0.1, -0.05) is 17.5 Å². The molecule has 0 unspecified atom stereocenters. The molecular weight excluding hydrogens is 354 g/mol. The van der Waals surface area contributed by atoms with Crippen LogP contribution in [0.15, 0.2) is 35.5 Å². The molecule has 0 bridgehead atoms. The summed E-state index contributed by atoms with van der Waals surface area (Å²) in [6, 6.07) is 3.33. The first-order valence-electron chi connectivity index (χ1n) is 7.89. The molecule has 0 amide bonds.